The van der Waals surface area contributed by atoms with E-state index in [2.05, 4.69) is 10.3 Å². The number of primary amides is 1. The number of rotatable bonds is 5. The highest BCUT2D eigenvalue weighted by Gasteiger charge is 2.46. The van der Waals surface area contributed by atoms with Crippen LogP contribution in [0.15, 0.2) is 30.5 Å². The van der Waals surface area contributed by atoms with Gasteiger partial charge in [-0.15, -0.1) is 0 Å². The van der Waals surface area contributed by atoms with Crippen LogP contribution in [0.3, 0.4) is 0 Å². The molecule has 1 heterocycles. The molecule has 10 heteroatoms. The summed E-state index contributed by atoms with van der Waals surface area (Å²) in [5, 5.41) is 2.48. The molecule has 1 aromatic carbocycles. The summed E-state index contributed by atoms with van der Waals surface area (Å²) in [4.78, 5) is 27.9. The molecule has 30 heavy (non-hydrogen) atoms. The van der Waals surface area contributed by atoms with E-state index in [1.54, 1.807) is 0 Å². The largest absolute Gasteiger partial charge is 0.493 e. The molecule has 3 N–H and O–H groups in total. The SMILES string of the molecule is COc1c([C@H]2CCC(F)(F)C[C@@H]2C(=O)Nc2ccnc(C(N)=O)c2)ccc(F)c1F. The Balaban J connectivity index is 1.95. The molecule has 0 saturated heterocycles. The van der Waals surface area contributed by atoms with E-state index in [4.69, 9.17) is 10.5 Å². The molecule has 160 valence electrons. The normalized spacial score (nSPS) is 20.4. The zero-order chi connectivity index (χ0) is 22.1. The third-order valence-corrected chi connectivity index (χ3v) is 5.13. The first-order valence-electron chi connectivity index (χ1n) is 9.09. The Morgan fingerprint density at radius 1 is 1.27 bits per heavy atom. The van der Waals surface area contributed by atoms with Crippen LogP contribution in [0.25, 0.3) is 0 Å². The smallest absolute Gasteiger partial charge is 0.267 e. The fraction of sp³-hybridized carbons (Fsp3) is 0.350. The second-order valence-electron chi connectivity index (χ2n) is 7.08. The Bertz CT molecular complexity index is 984. The molecule has 1 aliphatic carbocycles. The van der Waals surface area contributed by atoms with Crippen LogP contribution in [-0.4, -0.2) is 29.8 Å². The van der Waals surface area contributed by atoms with Gasteiger partial charge in [0.2, 0.25) is 17.6 Å². The number of carbonyl (C=O) groups excluding carboxylic acids is 2. The summed E-state index contributed by atoms with van der Waals surface area (Å²) in [6.45, 7) is 0. The molecule has 1 fully saturated rings. The van der Waals surface area contributed by atoms with E-state index in [1.807, 2.05) is 0 Å². The Morgan fingerprint density at radius 3 is 2.67 bits per heavy atom. The molecule has 0 bridgehead atoms. The molecule has 0 spiro atoms. The molecule has 0 radical (unpaired) electrons. The topological polar surface area (TPSA) is 94.3 Å². The number of benzene rings is 1. The van der Waals surface area contributed by atoms with Crippen molar-refractivity contribution in [3.05, 3.63) is 53.4 Å². The maximum Gasteiger partial charge on any atom is 0.267 e. The zero-order valence-electron chi connectivity index (χ0n) is 15.9. The number of pyridine rings is 1. The summed E-state index contributed by atoms with van der Waals surface area (Å²) < 4.78 is 61.0. The molecule has 2 aromatic rings. The van der Waals surface area contributed by atoms with Crippen LogP contribution in [0.2, 0.25) is 0 Å². The number of amides is 2. The van der Waals surface area contributed by atoms with Crippen molar-refractivity contribution in [3.63, 3.8) is 0 Å². The van der Waals surface area contributed by atoms with Crippen LogP contribution in [0.5, 0.6) is 5.75 Å². The highest BCUT2D eigenvalue weighted by atomic mass is 19.3. The second kappa shape index (κ2) is 8.29. The van der Waals surface area contributed by atoms with Gasteiger partial charge in [0.05, 0.1) is 13.0 Å². The molecule has 1 aromatic heterocycles. The van der Waals surface area contributed by atoms with Gasteiger partial charge in [-0.1, -0.05) is 6.07 Å². The quantitative estimate of drug-likeness (QED) is 0.716. The Hall–Kier alpha value is -3.17. The Labute approximate surface area is 169 Å². The van der Waals surface area contributed by atoms with Crippen molar-refractivity contribution in [2.45, 2.75) is 31.1 Å². The van der Waals surface area contributed by atoms with Gasteiger partial charge < -0.3 is 15.8 Å². The predicted molar refractivity (Wildman–Crippen MR) is 99.3 cm³/mol. The lowest BCUT2D eigenvalue weighted by Gasteiger charge is -2.36. The molecular formula is C20H19F4N3O3. The number of hydrogen-bond acceptors (Lipinski definition) is 4. The van der Waals surface area contributed by atoms with Gasteiger partial charge in [0.15, 0.2) is 11.6 Å². The number of methoxy groups -OCH3 is 1. The van der Waals surface area contributed by atoms with E-state index in [1.165, 1.54) is 24.4 Å². The third-order valence-electron chi connectivity index (χ3n) is 5.13. The van der Waals surface area contributed by atoms with Crippen LogP contribution >= 0.6 is 0 Å². The first-order chi connectivity index (χ1) is 14.1. The van der Waals surface area contributed by atoms with Gasteiger partial charge in [-0.3, -0.25) is 14.6 Å². The summed E-state index contributed by atoms with van der Waals surface area (Å²) in [5.41, 5.74) is 5.33. The summed E-state index contributed by atoms with van der Waals surface area (Å²) in [6.07, 6.45) is -0.180. The second-order valence-corrected chi connectivity index (χ2v) is 7.08. The zero-order valence-corrected chi connectivity index (χ0v) is 15.9. The maximum atomic E-state index is 14.2. The summed E-state index contributed by atoms with van der Waals surface area (Å²) in [7, 11) is 1.14. The van der Waals surface area contributed by atoms with Gasteiger partial charge >= 0.3 is 0 Å². The highest BCUT2D eigenvalue weighted by Crippen LogP contribution is 2.48. The molecule has 2 atom stereocenters. The van der Waals surface area contributed by atoms with Crippen molar-refractivity contribution in [2.24, 2.45) is 11.7 Å². The minimum atomic E-state index is -3.10. The number of carbonyl (C=O) groups is 2. The van der Waals surface area contributed by atoms with Gasteiger partial charge in [-0.25, -0.2) is 13.2 Å². The van der Waals surface area contributed by atoms with Crippen molar-refractivity contribution >= 4 is 17.5 Å². The van der Waals surface area contributed by atoms with Crippen LogP contribution in [0.4, 0.5) is 23.2 Å². The van der Waals surface area contributed by atoms with E-state index in [0.717, 1.165) is 13.2 Å². The van der Waals surface area contributed by atoms with E-state index >= 15 is 0 Å². The van der Waals surface area contributed by atoms with E-state index in [0.29, 0.717) is 0 Å². The number of nitrogens with one attached hydrogen (secondary N) is 1. The number of halogens is 4. The standard InChI is InChI=1S/C20H19F4N3O3/c1-30-17-12(2-3-14(21)16(17)22)11-4-6-20(23,24)9-13(11)19(29)27-10-5-7-26-15(8-10)18(25)28/h2-3,5,7-8,11,13H,4,6,9H2,1H3,(H2,25,28)(H,26,27,29)/t11-,13+/m1/s1. The number of aromatic nitrogens is 1. The van der Waals surface area contributed by atoms with Gasteiger partial charge in [0.25, 0.3) is 5.91 Å². The highest BCUT2D eigenvalue weighted by molar-refractivity contribution is 5.96. The first-order valence-corrected chi connectivity index (χ1v) is 9.09. The van der Waals surface area contributed by atoms with E-state index in [9.17, 15) is 27.2 Å². The lowest BCUT2D eigenvalue weighted by molar-refractivity contribution is -0.128. The molecule has 1 aliphatic rings. The van der Waals surface area contributed by atoms with E-state index < -0.39 is 59.8 Å². The number of nitrogens with zero attached hydrogens (tertiary/aromatic N) is 1. The summed E-state index contributed by atoms with van der Waals surface area (Å²) >= 11 is 0. The summed E-state index contributed by atoms with van der Waals surface area (Å²) in [6, 6.07) is 4.70. The van der Waals surface area contributed by atoms with Crippen molar-refractivity contribution < 1.29 is 31.9 Å². The molecular weight excluding hydrogens is 406 g/mol. The molecule has 1 saturated carbocycles. The van der Waals surface area contributed by atoms with Gasteiger partial charge in [0.1, 0.15) is 5.69 Å². The molecule has 3 rings (SSSR count). The van der Waals surface area contributed by atoms with E-state index in [-0.39, 0.29) is 23.4 Å². The minimum Gasteiger partial charge on any atom is -0.493 e. The fourth-order valence-corrected chi connectivity index (χ4v) is 3.71. The maximum absolute atomic E-state index is 14.2. The first kappa shape index (κ1) is 21.5. The van der Waals surface area contributed by atoms with Crippen molar-refractivity contribution in [1.29, 1.82) is 0 Å². The van der Waals surface area contributed by atoms with Crippen molar-refractivity contribution in [3.8, 4) is 5.75 Å². The number of nitrogens with two attached hydrogens (primary N) is 1. The minimum absolute atomic E-state index is 0.111. The lowest BCUT2D eigenvalue weighted by atomic mass is 9.73. The lowest BCUT2D eigenvalue weighted by Crippen LogP contribution is -2.38. The molecule has 0 unspecified atom stereocenters. The van der Waals surface area contributed by atoms with Gasteiger partial charge in [0, 0.05) is 30.3 Å². The summed E-state index contributed by atoms with van der Waals surface area (Å²) in [5.74, 6) is -9.55. The van der Waals surface area contributed by atoms with Crippen molar-refractivity contribution in [2.75, 3.05) is 12.4 Å². The van der Waals surface area contributed by atoms with Gasteiger partial charge in [-0.2, -0.15) is 4.39 Å². The number of alkyl halides is 2. The number of ether oxygens (including phenoxy) is 1. The van der Waals surface area contributed by atoms with Crippen LogP contribution < -0.4 is 15.8 Å². The van der Waals surface area contributed by atoms with Crippen LogP contribution in [-0.2, 0) is 4.79 Å². The monoisotopic (exact) mass is 425 g/mol. The molecule has 2 amide bonds. The van der Waals surface area contributed by atoms with Crippen LogP contribution in [0, 0.1) is 17.6 Å². The van der Waals surface area contributed by atoms with Crippen LogP contribution in [0.1, 0.15) is 41.2 Å². The number of hydrogen-bond donors (Lipinski definition) is 2. The number of anilines is 1. The van der Waals surface area contributed by atoms with Crippen molar-refractivity contribution in [1.82, 2.24) is 4.98 Å². The Morgan fingerprint density at radius 2 is 2.00 bits per heavy atom. The average molecular weight is 425 g/mol. The molecule has 0 aliphatic heterocycles. The predicted octanol–water partition coefficient (Wildman–Crippen LogP) is 3.63. The Kier molecular flexibility index (Phi) is 5.95. The van der Waals surface area contributed by atoms with Gasteiger partial charge in [-0.05, 0) is 30.5 Å². The average Bonchev–Trinajstić information content (AvgIpc) is 2.69. The molecule has 6 nitrogen and oxygen atoms in total. The fourth-order valence-electron chi connectivity index (χ4n) is 3.71. The third kappa shape index (κ3) is 4.37.